The van der Waals surface area contributed by atoms with Gasteiger partial charge in [-0.2, -0.15) is 0 Å². The predicted molar refractivity (Wildman–Crippen MR) is 209 cm³/mol. The minimum Gasteiger partial charge on any atom is -0.481 e. The zero-order valence-electron chi connectivity index (χ0n) is 32.5. The van der Waals surface area contributed by atoms with Gasteiger partial charge in [0.1, 0.15) is 29.8 Å². The summed E-state index contributed by atoms with van der Waals surface area (Å²) < 4.78 is 21.1. The average Bonchev–Trinajstić information content (AvgIpc) is 3.18. The molecular weight excluding hydrogens is 738 g/mol. The van der Waals surface area contributed by atoms with E-state index >= 15 is 0 Å². The summed E-state index contributed by atoms with van der Waals surface area (Å²) in [5, 5.41) is 33.0. The van der Waals surface area contributed by atoms with Crippen LogP contribution in [0.2, 0.25) is 0 Å². The summed E-state index contributed by atoms with van der Waals surface area (Å²) in [5.41, 5.74) is -3.30. The predicted octanol–water partition coefficient (Wildman–Crippen LogP) is 6.67. The minimum atomic E-state index is -3.13. The monoisotopic (exact) mass is 791 g/mol. The number of allylic oxidation sites excluding steroid dienone is 1. The molecule has 2 rings (SSSR count). The van der Waals surface area contributed by atoms with E-state index in [4.69, 9.17) is 18.9 Å². The summed E-state index contributed by atoms with van der Waals surface area (Å²) in [4.78, 5) is 74.8. The maximum atomic E-state index is 13.9. The molecule has 0 aromatic heterocycles. The molecule has 0 fully saturated rings. The second-order valence-electron chi connectivity index (χ2n) is 13.1. The highest BCUT2D eigenvalue weighted by Crippen LogP contribution is 2.27. The maximum Gasteiger partial charge on any atom is 0.515 e. The van der Waals surface area contributed by atoms with E-state index in [9.17, 15) is 44.1 Å². The van der Waals surface area contributed by atoms with E-state index in [2.05, 4.69) is 24.1 Å². The van der Waals surface area contributed by atoms with Gasteiger partial charge in [0, 0.05) is 12.8 Å². The smallest absolute Gasteiger partial charge is 0.481 e. The van der Waals surface area contributed by atoms with Gasteiger partial charge in [0.15, 0.2) is 18.6 Å². The molecule has 3 atom stereocenters. The first kappa shape index (κ1) is 47.4. The van der Waals surface area contributed by atoms with Crippen molar-refractivity contribution in [2.45, 2.75) is 109 Å². The third-order valence-electron chi connectivity index (χ3n) is 8.71. The van der Waals surface area contributed by atoms with Gasteiger partial charge >= 0.3 is 18.1 Å². The van der Waals surface area contributed by atoms with Crippen LogP contribution < -0.4 is 14.8 Å². The van der Waals surface area contributed by atoms with Gasteiger partial charge in [0.05, 0.1) is 17.9 Å². The summed E-state index contributed by atoms with van der Waals surface area (Å²) in [6, 6.07) is 13.8. The lowest BCUT2D eigenvalue weighted by atomic mass is 9.83. The lowest BCUT2D eigenvalue weighted by Crippen LogP contribution is -2.54. The highest BCUT2D eigenvalue weighted by Gasteiger charge is 2.49. The van der Waals surface area contributed by atoms with Crippen molar-refractivity contribution in [2.75, 3.05) is 13.4 Å². The lowest BCUT2D eigenvalue weighted by molar-refractivity contribution is -0.172. The molecule has 0 heterocycles. The van der Waals surface area contributed by atoms with Gasteiger partial charge in [-0.05, 0) is 62.4 Å². The molecule has 14 heteroatoms. The van der Waals surface area contributed by atoms with E-state index in [0.29, 0.717) is 31.4 Å². The number of hydrogen-bond acceptors (Lipinski definition) is 11. The third kappa shape index (κ3) is 18.2. The molecule has 0 bridgehead atoms. The number of nitrogens with one attached hydrogen (secondary N) is 1. The Morgan fingerprint density at radius 2 is 1.51 bits per heavy atom. The van der Waals surface area contributed by atoms with Gasteiger partial charge < -0.3 is 39.6 Å². The first-order chi connectivity index (χ1) is 27.4. The van der Waals surface area contributed by atoms with Crippen LogP contribution in [0.1, 0.15) is 103 Å². The lowest BCUT2D eigenvalue weighted by Gasteiger charge is -2.30. The largest absolute Gasteiger partial charge is 0.515 e. The summed E-state index contributed by atoms with van der Waals surface area (Å²) in [6.07, 6.45) is 7.90. The number of ether oxygens (including phenoxy) is 4. The van der Waals surface area contributed by atoms with Gasteiger partial charge in [0.25, 0.3) is 0 Å². The first-order valence-electron chi connectivity index (χ1n) is 19.0. The van der Waals surface area contributed by atoms with E-state index in [-0.39, 0.29) is 29.3 Å². The normalized spacial score (nSPS) is 12.8. The molecule has 0 saturated carbocycles. The van der Waals surface area contributed by atoms with Crippen LogP contribution in [-0.4, -0.2) is 76.3 Å². The Labute approximate surface area is 333 Å². The minimum absolute atomic E-state index is 0.0997. The molecule has 2 aromatic rings. The fourth-order valence-corrected chi connectivity index (χ4v) is 5.60. The van der Waals surface area contributed by atoms with Crippen LogP contribution in [-0.2, 0) is 33.4 Å². The SMILES string of the molecule is CC#CCOc1ccc(C(=C=O)[C@@H](NC(=O)[C@@H](C=CCCCCCCC(=O)CCCCCCC)[C@@](O)(CC(=O)O)C(=O)O)OCOC(=O)Oc2ccccc2)cc1. The van der Waals surface area contributed by atoms with Crippen LogP contribution in [0, 0.1) is 17.8 Å². The van der Waals surface area contributed by atoms with Crippen molar-refractivity contribution >= 4 is 41.3 Å². The second kappa shape index (κ2) is 27.0. The van der Waals surface area contributed by atoms with Crippen molar-refractivity contribution in [3.8, 4) is 23.3 Å². The van der Waals surface area contributed by atoms with E-state index in [1.54, 1.807) is 31.1 Å². The number of Topliss-reactive ketones (excluding diaryl/α,β-unsaturated/α-hetero) is 1. The van der Waals surface area contributed by atoms with Crippen molar-refractivity contribution < 1.29 is 63.0 Å². The van der Waals surface area contributed by atoms with Gasteiger partial charge in [-0.15, -0.1) is 5.92 Å². The number of carbonyl (C=O) groups excluding carboxylic acids is 4. The number of carbonyl (C=O) groups is 5. The van der Waals surface area contributed by atoms with E-state index in [1.807, 2.05) is 0 Å². The molecule has 308 valence electrons. The molecule has 14 nitrogen and oxygen atoms in total. The molecule has 2 aromatic carbocycles. The summed E-state index contributed by atoms with van der Waals surface area (Å²) >= 11 is 0. The molecule has 0 unspecified atom stereocenters. The number of ketones is 1. The molecule has 0 aliphatic rings. The second-order valence-corrected chi connectivity index (χ2v) is 13.1. The van der Waals surface area contributed by atoms with Crippen molar-refractivity contribution in [2.24, 2.45) is 5.92 Å². The van der Waals surface area contributed by atoms with Crippen molar-refractivity contribution in [3.63, 3.8) is 0 Å². The molecule has 0 aliphatic carbocycles. The van der Waals surface area contributed by atoms with Crippen LogP contribution in [0.4, 0.5) is 4.79 Å². The van der Waals surface area contributed by atoms with E-state index in [0.717, 1.165) is 51.0 Å². The number of aliphatic hydroxyl groups is 1. The van der Waals surface area contributed by atoms with Crippen molar-refractivity contribution in [1.29, 1.82) is 0 Å². The van der Waals surface area contributed by atoms with Gasteiger partial charge in [-0.1, -0.05) is 93.9 Å². The van der Waals surface area contributed by atoms with Crippen LogP contribution in [0.25, 0.3) is 5.57 Å². The molecule has 1 amide bonds. The Balaban J connectivity index is 2.23. The fourth-order valence-electron chi connectivity index (χ4n) is 5.60. The number of unbranched alkanes of at least 4 members (excludes halogenated alkanes) is 8. The fraction of sp³-hybridized carbons (Fsp3) is 0.465. The standard InChI is InChI=1S/C43H53NO13/c1-3-5-7-10-14-19-33(46)20-15-11-8-9-12-18-23-37(43(53,41(50)51)29-38(47)48)39(49)44-40(55-31-56-42(52)57-35-21-16-13-17-22-35)36(30-45)32-24-26-34(27-25-32)54-28-6-4-2/h13,16-18,21-27,37,40,53H,3,5,7-12,14-15,19-20,28-29,31H2,1-2H3,(H,44,49)(H,47,48)(H,50,51)/t37-,40+,43+/m1/s1. The number of carboxylic acid groups (broad SMARTS) is 2. The van der Waals surface area contributed by atoms with Crippen LogP contribution in [0.5, 0.6) is 11.5 Å². The quantitative estimate of drug-likeness (QED) is 0.0135. The van der Waals surface area contributed by atoms with Gasteiger partial charge in [-0.3, -0.25) is 14.4 Å². The molecule has 57 heavy (non-hydrogen) atoms. The molecule has 0 radical (unpaired) electrons. The Morgan fingerprint density at radius 1 is 0.860 bits per heavy atom. The van der Waals surface area contributed by atoms with Crippen LogP contribution in [0.3, 0.4) is 0 Å². The average molecular weight is 792 g/mol. The summed E-state index contributed by atoms with van der Waals surface area (Å²) in [7, 11) is 0. The topological polar surface area (TPSA) is 212 Å². The Hall–Kier alpha value is -5.74. The number of hydrogen-bond donors (Lipinski definition) is 4. The first-order valence-corrected chi connectivity index (χ1v) is 19.0. The number of benzene rings is 2. The highest BCUT2D eigenvalue weighted by atomic mass is 16.8. The molecule has 4 N–H and O–H groups in total. The number of para-hydroxylation sites is 1. The zero-order valence-corrected chi connectivity index (χ0v) is 32.5. The van der Waals surface area contributed by atoms with E-state index < -0.39 is 55.0 Å². The maximum absolute atomic E-state index is 13.9. The molecule has 0 spiro atoms. The van der Waals surface area contributed by atoms with Gasteiger partial charge in [0.2, 0.25) is 5.91 Å². The van der Waals surface area contributed by atoms with Crippen LogP contribution in [0.15, 0.2) is 66.7 Å². The Morgan fingerprint density at radius 3 is 2.11 bits per heavy atom. The number of rotatable bonds is 28. The summed E-state index contributed by atoms with van der Waals surface area (Å²) in [6.45, 7) is 3.00. The molecular formula is C43H53NO13. The molecule has 0 saturated heterocycles. The number of carboxylic acids is 2. The number of amides is 1. The Bertz CT molecular complexity index is 1720. The molecule has 0 aliphatic heterocycles. The van der Waals surface area contributed by atoms with Crippen molar-refractivity contribution in [1.82, 2.24) is 5.32 Å². The van der Waals surface area contributed by atoms with Crippen LogP contribution >= 0.6 is 0 Å². The van der Waals surface area contributed by atoms with Crippen molar-refractivity contribution in [3.05, 3.63) is 72.3 Å². The van der Waals surface area contributed by atoms with Gasteiger partial charge in [-0.25, -0.2) is 14.4 Å². The zero-order chi connectivity index (χ0) is 41.9. The van der Waals surface area contributed by atoms with E-state index in [1.165, 1.54) is 48.9 Å². The summed E-state index contributed by atoms with van der Waals surface area (Å²) in [5.74, 6) is 1.01. The number of aliphatic carboxylic acids is 2. The highest BCUT2D eigenvalue weighted by molar-refractivity contribution is 5.96. The third-order valence-corrected chi connectivity index (χ3v) is 8.71. The Kier molecular flexibility index (Phi) is 22.4.